The molecule has 2 aromatic heterocycles. The number of furan rings is 1. The number of amides is 2. The van der Waals surface area contributed by atoms with Crippen molar-refractivity contribution in [2.75, 3.05) is 6.61 Å². The minimum atomic E-state index is -0.631. The number of fused-ring (bicyclic) bond motifs is 1. The molecule has 2 heterocycles. The normalized spacial score (nSPS) is 13.8. The summed E-state index contributed by atoms with van der Waals surface area (Å²) in [6, 6.07) is 4.90. The molecule has 0 fully saturated rings. The average molecular weight is 376 g/mol. The Kier molecular flexibility index (Phi) is 6.06. The van der Waals surface area contributed by atoms with Crippen LogP contribution in [0.4, 0.5) is 0 Å². The van der Waals surface area contributed by atoms with E-state index in [1.165, 1.54) is 46.9 Å². The highest BCUT2D eigenvalue weighted by atomic mass is 32.1. The maximum absolute atomic E-state index is 12.2. The number of ether oxygens (including phenoxy) is 1. The molecule has 7 nitrogen and oxygen atoms in total. The molecule has 0 aromatic carbocycles. The molecule has 1 aliphatic rings. The maximum atomic E-state index is 12.2. The fraction of sp³-hybridized carbons (Fsp3) is 0.389. The van der Waals surface area contributed by atoms with Gasteiger partial charge in [-0.3, -0.25) is 20.4 Å². The molecule has 0 radical (unpaired) electrons. The number of hydrogen-bond acceptors (Lipinski definition) is 6. The van der Waals surface area contributed by atoms with Gasteiger partial charge in [0.25, 0.3) is 5.91 Å². The first-order valence-electron chi connectivity index (χ1n) is 8.55. The van der Waals surface area contributed by atoms with Crippen LogP contribution in [0.15, 0.2) is 28.9 Å². The molecule has 2 aromatic rings. The molecule has 1 aliphatic carbocycles. The van der Waals surface area contributed by atoms with Gasteiger partial charge in [-0.05, 0) is 49.4 Å². The van der Waals surface area contributed by atoms with Crippen LogP contribution in [0.5, 0.6) is 0 Å². The van der Waals surface area contributed by atoms with E-state index in [-0.39, 0.29) is 5.76 Å². The molecule has 0 unspecified atom stereocenters. The number of hydrogen-bond donors (Lipinski definition) is 2. The molecule has 8 heteroatoms. The first-order valence-corrected chi connectivity index (χ1v) is 9.36. The molecule has 26 heavy (non-hydrogen) atoms. The SMILES string of the molecule is O=C(COC(=O)c1cc2c(s1)CCCCCC2)NNC(=O)c1ccco1. The Morgan fingerprint density at radius 3 is 2.69 bits per heavy atom. The van der Waals surface area contributed by atoms with E-state index in [9.17, 15) is 14.4 Å². The van der Waals surface area contributed by atoms with Crippen LogP contribution < -0.4 is 10.9 Å². The van der Waals surface area contributed by atoms with E-state index >= 15 is 0 Å². The van der Waals surface area contributed by atoms with Crippen molar-refractivity contribution in [3.05, 3.63) is 45.5 Å². The number of carbonyl (C=O) groups is 3. The van der Waals surface area contributed by atoms with Gasteiger partial charge in [-0.25, -0.2) is 4.79 Å². The third-order valence-electron chi connectivity index (χ3n) is 4.09. The highest BCUT2D eigenvalue weighted by molar-refractivity contribution is 7.14. The van der Waals surface area contributed by atoms with Crippen LogP contribution in [0.1, 0.15) is 56.4 Å². The summed E-state index contributed by atoms with van der Waals surface area (Å²) in [6.07, 6.45) is 8.05. The van der Waals surface area contributed by atoms with Crippen molar-refractivity contribution >= 4 is 29.1 Å². The van der Waals surface area contributed by atoms with Gasteiger partial charge in [0.1, 0.15) is 4.88 Å². The van der Waals surface area contributed by atoms with E-state index in [4.69, 9.17) is 9.15 Å². The molecule has 0 saturated heterocycles. The summed E-state index contributed by atoms with van der Waals surface area (Å²) >= 11 is 1.45. The Hall–Kier alpha value is -2.61. The molecule has 138 valence electrons. The van der Waals surface area contributed by atoms with E-state index < -0.39 is 24.4 Å². The summed E-state index contributed by atoms with van der Waals surface area (Å²) in [5.74, 6) is -1.67. The summed E-state index contributed by atoms with van der Waals surface area (Å²) in [7, 11) is 0. The van der Waals surface area contributed by atoms with Gasteiger partial charge in [-0.1, -0.05) is 12.8 Å². The predicted molar refractivity (Wildman–Crippen MR) is 94.8 cm³/mol. The third kappa shape index (κ3) is 4.72. The largest absolute Gasteiger partial charge is 0.459 e. The number of thiophene rings is 1. The number of hydrazine groups is 1. The van der Waals surface area contributed by atoms with Gasteiger partial charge in [0.05, 0.1) is 6.26 Å². The molecular formula is C18H20N2O5S. The van der Waals surface area contributed by atoms with Gasteiger partial charge in [0, 0.05) is 4.88 Å². The number of nitrogens with one attached hydrogen (secondary N) is 2. The smallest absolute Gasteiger partial charge is 0.348 e. The zero-order valence-corrected chi connectivity index (χ0v) is 15.0. The molecule has 2 N–H and O–H groups in total. The Balaban J connectivity index is 1.47. The summed E-state index contributed by atoms with van der Waals surface area (Å²) in [5, 5.41) is 0. The van der Waals surface area contributed by atoms with E-state index in [0.29, 0.717) is 4.88 Å². The zero-order valence-electron chi connectivity index (χ0n) is 14.2. The second-order valence-corrected chi connectivity index (χ2v) is 7.17. The molecular weight excluding hydrogens is 356 g/mol. The van der Waals surface area contributed by atoms with Gasteiger partial charge in [0.15, 0.2) is 12.4 Å². The second-order valence-electron chi connectivity index (χ2n) is 6.03. The van der Waals surface area contributed by atoms with Crippen molar-refractivity contribution in [2.24, 2.45) is 0 Å². The average Bonchev–Trinajstić information content (AvgIpc) is 3.28. The van der Waals surface area contributed by atoms with Crippen LogP contribution in [0.25, 0.3) is 0 Å². The van der Waals surface area contributed by atoms with Crippen LogP contribution in [0.2, 0.25) is 0 Å². The fourth-order valence-electron chi connectivity index (χ4n) is 2.78. The summed E-state index contributed by atoms with van der Waals surface area (Å²) < 4.78 is 9.93. The lowest BCUT2D eigenvalue weighted by Crippen LogP contribution is -2.43. The molecule has 0 aliphatic heterocycles. The molecule has 2 amide bonds. The van der Waals surface area contributed by atoms with Crippen molar-refractivity contribution in [1.82, 2.24) is 10.9 Å². The number of esters is 1. The molecule has 0 spiro atoms. The summed E-state index contributed by atoms with van der Waals surface area (Å²) in [6.45, 7) is -0.472. The number of carbonyl (C=O) groups excluding carboxylic acids is 3. The molecule has 3 rings (SSSR count). The summed E-state index contributed by atoms with van der Waals surface area (Å²) in [5.41, 5.74) is 5.57. The van der Waals surface area contributed by atoms with Crippen molar-refractivity contribution in [3.8, 4) is 0 Å². The first kappa shape index (κ1) is 18.2. The van der Waals surface area contributed by atoms with Gasteiger partial charge in [-0.15, -0.1) is 11.3 Å². The van der Waals surface area contributed by atoms with Gasteiger partial charge in [-0.2, -0.15) is 0 Å². The number of rotatable bonds is 4. The Bertz CT molecular complexity index is 756. The molecule has 0 bridgehead atoms. The lowest BCUT2D eigenvalue weighted by atomic mass is 10.00. The highest BCUT2D eigenvalue weighted by Crippen LogP contribution is 2.28. The van der Waals surface area contributed by atoms with Crippen LogP contribution in [0, 0.1) is 0 Å². The van der Waals surface area contributed by atoms with E-state index in [2.05, 4.69) is 10.9 Å². The predicted octanol–water partition coefficient (Wildman–Crippen LogP) is 2.62. The minimum absolute atomic E-state index is 0.0679. The van der Waals surface area contributed by atoms with Crippen LogP contribution >= 0.6 is 11.3 Å². The van der Waals surface area contributed by atoms with Crippen LogP contribution in [-0.2, 0) is 22.4 Å². The zero-order chi connectivity index (χ0) is 18.4. The number of aryl methyl sites for hydroxylation is 2. The van der Waals surface area contributed by atoms with Gasteiger partial charge >= 0.3 is 11.9 Å². The second kappa shape index (κ2) is 8.66. The van der Waals surface area contributed by atoms with Gasteiger partial charge < -0.3 is 9.15 Å². The monoisotopic (exact) mass is 376 g/mol. The standard InChI is InChI=1S/C18H20N2O5S/c21-16(19-20-17(22)13-7-5-9-24-13)11-25-18(23)15-10-12-6-3-1-2-4-8-14(12)26-15/h5,7,9-10H,1-4,6,8,11H2,(H,19,21)(H,20,22). The quantitative estimate of drug-likeness (QED) is 0.631. The van der Waals surface area contributed by atoms with E-state index in [0.717, 1.165) is 25.7 Å². The van der Waals surface area contributed by atoms with Crippen molar-refractivity contribution in [3.63, 3.8) is 0 Å². The van der Waals surface area contributed by atoms with Crippen LogP contribution in [0.3, 0.4) is 0 Å². The van der Waals surface area contributed by atoms with Crippen LogP contribution in [-0.4, -0.2) is 24.4 Å². The lowest BCUT2D eigenvalue weighted by molar-refractivity contribution is -0.125. The maximum Gasteiger partial charge on any atom is 0.348 e. The summed E-state index contributed by atoms with van der Waals surface area (Å²) in [4.78, 5) is 37.3. The topological polar surface area (TPSA) is 97.6 Å². The Morgan fingerprint density at radius 2 is 1.92 bits per heavy atom. The lowest BCUT2D eigenvalue weighted by Gasteiger charge is -2.07. The van der Waals surface area contributed by atoms with E-state index in [1.54, 1.807) is 6.07 Å². The van der Waals surface area contributed by atoms with Gasteiger partial charge in [0.2, 0.25) is 0 Å². The Morgan fingerprint density at radius 1 is 1.12 bits per heavy atom. The fourth-order valence-corrected chi connectivity index (χ4v) is 3.93. The first-order chi connectivity index (χ1) is 12.6. The van der Waals surface area contributed by atoms with Crippen molar-refractivity contribution in [1.29, 1.82) is 0 Å². The molecule has 0 atom stereocenters. The molecule has 0 saturated carbocycles. The van der Waals surface area contributed by atoms with Crippen molar-refractivity contribution in [2.45, 2.75) is 38.5 Å². The van der Waals surface area contributed by atoms with E-state index in [1.807, 2.05) is 6.07 Å². The highest BCUT2D eigenvalue weighted by Gasteiger charge is 2.18. The Labute approximate surface area is 154 Å². The van der Waals surface area contributed by atoms with Crippen molar-refractivity contribution < 1.29 is 23.5 Å². The third-order valence-corrected chi connectivity index (χ3v) is 5.31. The minimum Gasteiger partial charge on any atom is -0.459 e.